The molecule has 1 fully saturated rings. The van der Waals surface area contributed by atoms with E-state index in [1.54, 1.807) is 4.68 Å². The molecule has 0 aromatic carbocycles. The van der Waals surface area contributed by atoms with Crippen LogP contribution in [-0.4, -0.2) is 44.3 Å². The van der Waals surface area contributed by atoms with E-state index in [-0.39, 0.29) is 5.91 Å². The van der Waals surface area contributed by atoms with Crippen molar-refractivity contribution in [2.45, 2.75) is 45.1 Å². The number of amides is 1. The fourth-order valence-corrected chi connectivity index (χ4v) is 2.77. The van der Waals surface area contributed by atoms with Crippen molar-refractivity contribution in [2.24, 2.45) is 7.05 Å². The van der Waals surface area contributed by atoms with Crippen molar-refractivity contribution in [1.82, 2.24) is 14.7 Å². The maximum Gasteiger partial charge on any atom is 0.326 e. The van der Waals surface area contributed by atoms with Crippen molar-refractivity contribution in [1.29, 1.82) is 0 Å². The van der Waals surface area contributed by atoms with Crippen LogP contribution in [0.1, 0.15) is 36.9 Å². The van der Waals surface area contributed by atoms with Crippen LogP contribution in [0.4, 0.5) is 0 Å². The third kappa shape index (κ3) is 3.18. The fourth-order valence-electron chi connectivity index (χ4n) is 2.77. The summed E-state index contributed by atoms with van der Waals surface area (Å²) in [7, 11) is 1.85. The van der Waals surface area contributed by atoms with Gasteiger partial charge in [0.05, 0.1) is 5.69 Å². The number of likely N-dealkylation sites (tertiary alicyclic amines) is 1. The van der Waals surface area contributed by atoms with Crippen molar-refractivity contribution >= 4 is 11.9 Å². The minimum Gasteiger partial charge on any atom is -0.480 e. The Labute approximate surface area is 118 Å². The Hall–Kier alpha value is -1.85. The molecule has 6 heteroatoms. The first-order valence-corrected chi connectivity index (χ1v) is 7.00. The van der Waals surface area contributed by atoms with E-state index in [0.717, 1.165) is 24.1 Å². The molecule has 1 amide bonds. The molecule has 0 aliphatic carbocycles. The topological polar surface area (TPSA) is 75.4 Å². The summed E-state index contributed by atoms with van der Waals surface area (Å²) < 4.78 is 1.73. The molecule has 110 valence electrons. The molecule has 1 aromatic heterocycles. The van der Waals surface area contributed by atoms with Gasteiger partial charge in [0.1, 0.15) is 6.04 Å². The van der Waals surface area contributed by atoms with E-state index >= 15 is 0 Å². The van der Waals surface area contributed by atoms with Gasteiger partial charge in [-0.05, 0) is 38.2 Å². The van der Waals surface area contributed by atoms with Gasteiger partial charge in [-0.3, -0.25) is 9.48 Å². The van der Waals surface area contributed by atoms with Crippen LogP contribution in [-0.2, 0) is 23.1 Å². The van der Waals surface area contributed by atoms with Gasteiger partial charge in [-0.15, -0.1) is 0 Å². The van der Waals surface area contributed by atoms with Crippen molar-refractivity contribution in [3.63, 3.8) is 0 Å². The van der Waals surface area contributed by atoms with Crippen LogP contribution in [0.25, 0.3) is 0 Å². The molecule has 1 aliphatic heterocycles. The van der Waals surface area contributed by atoms with Crippen molar-refractivity contribution in [3.8, 4) is 0 Å². The van der Waals surface area contributed by atoms with E-state index in [1.807, 2.05) is 20.2 Å². The zero-order valence-corrected chi connectivity index (χ0v) is 12.0. The Morgan fingerprint density at radius 2 is 2.20 bits per heavy atom. The average molecular weight is 279 g/mol. The molecule has 2 heterocycles. The maximum absolute atomic E-state index is 12.2. The molecule has 1 aromatic rings. The lowest BCUT2D eigenvalue weighted by Gasteiger charge is -2.33. The number of carbonyl (C=O) groups excluding carboxylic acids is 1. The molecule has 0 bridgehead atoms. The van der Waals surface area contributed by atoms with Crippen LogP contribution in [0.2, 0.25) is 0 Å². The summed E-state index contributed by atoms with van der Waals surface area (Å²) in [6, 6.07) is -0.647. The lowest BCUT2D eigenvalue weighted by Crippen LogP contribution is -2.48. The number of aliphatic carboxylic acids is 1. The first kappa shape index (κ1) is 14.6. The van der Waals surface area contributed by atoms with Gasteiger partial charge in [0.2, 0.25) is 5.91 Å². The molecule has 20 heavy (non-hydrogen) atoms. The van der Waals surface area contributed by atoms with Gasteiger partial charge in [0.25, 0.3) is 0 Å². The second-order valence-electron chi connectivity index (χ2n) is 5.35. The molecule has 1 saturated heterocycles. The van der Waals surface area contributed by atoms with Crippen molar-refractivity contribution in [2.75, 3.05) is 6.54 Å². The number of carboxylic acids is 1. The average Bonchev–Trinajstić information content (AvgIpc) is 2.74. The Bertz CT molecular complexity index is 510. The molecule has 0 spiro atoms. The Balaban J connectivity index is 1.96. The van der Waals surface area contributed by atoms with Crippen LogP contribution in [0.5, 0.6) is 0 Å². The molecule has 1 N–H and O–H groups in total. The highest BCUT2D eigenvalue weighted by Gasteiger charge is 2.31. The highest BCUT2D eigenvalue weighted by atomic mass is 16.4. The fraction of sp³-hybridized carbons (Fsp3) is 0.643. The van der Waals surface area contributed by atoms with Gasteiger partial charge in [-0.25, -0.2) is 4.79 Å². The first-order valence-electron chi connectivity index (χ1n) is 7.00. The quantitative estimate of drug-likeness (QED) is 0.896. The van der Waals surface area contributed by atoms with E-state index < -0.39 is 12.0 Å². The van der Waals surface area contributed by atoms with Gasteiger partial charge in [0.15, 0.2) is 0 Å². The molecule has 0 radical (unpaired) electrons. The molecule has 0 saturated carbocycles. The van der Waals surface area contributed by atoms with E-state index in [0.29, 0.717) is 25.8 Å². The number of piperidine rings is 1. The molecule has 0 unspecified atom stereocenters. The number of carboxylic acid groups (broad SMARTS) is 1. The first-order chi connectivity index (χ1) is 9.49. The van der Waals surface area contributed by atoms with Crippen LogP contribution in [0.3, 0.4) is 0 Å². The highest BCUT2D eigenvalue weighted by Crippen LogP contribution is 2.19. The largest absolute Gasteiger partial charge is 0.480 e. The second kappa shape index (κ2) is 6.07. The summed E-state index contributed by atoms with van der Waals surface area (Å²) in [6.07, 6.45) is 5.20. The summed E-state index contributed by atoms with van der Waals surface area (Å²) in [5, 5.41) is 13.4. The second-order valence-corrected chi connectivity index (χ2v) is 5.35. The van der Waals surface area contributed by atoms with Crippen LogP contribution in [0, 0.1) is 6.92 Å². The van der Waals surface area contributed by atoms with Crippen LogP contribution in [0.15, 0.2) is 6.20 Å². The molecule has 6 nitrogen and oxygen atoms in total. The summed E-state index contributed by atoms with van der Waals surface area (Å²) in [6.45, 7) is 2.47. The number of carbonyl (C=O) groups is 2. The number of nitrogens with zero attached hydrogens (tertiary/aromatic N) is 3. The zero-order chi connectivity index (χ0) is 14.7. The molecular formula is C14H21N3O3. The Kier molecular flexibility index (Phi) is 4.42. The summed E-state index contributed by atoms with van der Waals surface area (Å²) >= 11 is 0. The minimum absolute atomic E-state index is 0.0691. The van der Waals surface area contributed by atoms with E-state index in [1.165, 1.54) is 4.90 Å². The molecule has 1 atom stereocenters. The number of rotatable bonds is 4. The molecule has 1 aliphatic rings. The third-order valence-corrected chi connectivity index (χ3v) is 3.83. The predicted octanol–water partition coefficient (Wildman–Crippen LogP) is 1.13. The predicted molar refractivity (Wildman–Crippen MR) is 73.3 cm³/mol. The van der Waals surface area contributed by atoms with Crippen molar-refractivity contribution < 1.29 is 14.7 Å². The lowest BCUT2D eigenvalue weighted by atomic mass is 10.0. The van der Waals surface area contributed by atoms with Gasteiger partial charge in [0, 0.05) is 26.2 Å². The smallest absolute Gasteiger partial charge is 0.326 e. The maximum atomic E-state index is 12.2. The SMILES string of the molecule is Cc1nn(C)cc1CCC(=O)N1CCCC[C@H]1C(=O)O. The standard InChI is InChI=1S/C14H21N3O3/c1-10-11(9-16(2)15-10)6-7-13(18)17-8-4-3-5-12(17)14(19)20/h9,12H,3-8H2,1-2H3,(H,19,20)/t12-/m0/s1. The van der Waals surface area contributed by atoms with Crippen LogP contribution < -0.4 is 0 Å². The van der Waals surface area contributed by atoms with E-state index in [4.69, 9.17) is 0 Å². The minimum atomic E-state index is -0.893. The monoisotopic (exact) mass is 279 g/mol. The number of aromatic nitrogens is 2. The van der Waals surface area contributed by atoms with Gasteiger partial charge in [-0.2, -0.15) is 5.10 Å². The summed E-state index contributed by atoms with van der Waals surface area (Å²) in [5.74, 6) is -0.962. The number of aryl methyl sites for hydroxylation is 3. The Morgan fingerprint density at radius 3 is 2.80 bits per heavy atom. The lowest BCUT2D eigenvalue weighted by molar-refractivity contribution is -0.152. The Morgan fingerprint density at radius 1 is 1.45 bits per heavy atom. The number of hydrogen-bond acceptors (Lipinski definition) is 3. The number of hydrogen-bond donors (Lipinski definition) is 1. The zero-order valence-electron chi connectivity index (χ0n) is 12.0. The third-order valence-electron chi connectivity index (χ3n) is 3.83. The summed E-state index contributed by atoms with van der Waals surface area (Å²) in [4.78, 5) is 25.0. The van der Waals surface area contributed by atoms with Crippen molar-refractivity contribution in [3.05, 3.63) is 17.5 Å². The van der Waals surface area contributed by atoms with Gasteiger partial charge >= 0.3 is 5.97 Å². The van der Waals surface area contributed by atoms with Gasteiger partial charge in [-0.1, -0.05) is 0 Å². The molecular weight excluding hydrogens is 258 g/mol. The highest BCUT2D eigenvalue weighted by molar-refractivity contribution is 5.84. The summed E-state index contributed by atoms with van der Waals surface area (Å²) in [5.41, 5.74) is 1.97. The van der Waals surface area contributed by atoms with Crippen LogP contribution >= 0.6 is 0 Å². The normalized spacial score (nSPS) is 19.1. The van der Waals surface area contributed by atoms with Gasteiger partial charge < -0.3 is 10.0 Å². The molecule has 2 rings (SSSR count). The van der Waals surface area contributed by atoms with E-state index in [2.05, 4.69) is 5.10 Å². The van der Waals surface area contributed by atoms with E-state index in [9.17, 15) is 14.7 Å².